The monoisotopic (exact) mass is 388 g/mol. The van der Waals surface area contributed by atoms with Crippen molar-refractivity contribution in [1.29, 1.82) is 0 Å². The lowest BCUT2D eigenvalue weighted by atomic mass is 9.97. The summed E-state index contributed by atoms with van der Waals surface area (Å²) in [6, 6.07) is 7.13. The lowest BCUT2D eigenvalue weighted by Crippen LogP contribution is -2.47. The summed E-state index contributed by atoms with van der Waals surface area (Å²) in [5.41, 5.74) is 7.90. The van der Waals surface area contributed by atoms with Gasteiger partial charge in [-0.3, -0.25) is 20.2 Å². The van der Waals surface area contributed by atoms with Crippen molar-refractivity contribution < 1.29 is 9.21 Å². The number of hydrogen-bond acceptors (Lipinski definition) is 4. The van der Waals surface area contributed by atoms with E-state index < -0.39 is 5.76 Å². The summed E-state index contributed by atoms with van der Waals surface area (Å²) in [5, 5.41) is 3.46. The molecule has 8 heteroatoms. The van der Waals surface area contributed by atoms with E-state index in [-0.39, 0.29) is 18.9 Å². The van der Waals surface area contributed by atoms with Crippen LogP contribution in [0.5, 0.6) is 0 Å². The Balaban J connectivity index is 1.37. The van der Waals surface area contributed by atoms with Gasteiger partial charge < -0.3 is 9.73 Å². The van der Waals surface area contributed by atoms with Crippen LogP contribution >= 0.6 is 12.2 Å². The van der Waals surface area contributed by atoms with Crippen LogP contribution in [0.15, 0.2) is 45.1 Å². The number of aromatic nitrogens is 1. The number of hydrazine groups is 1. The van der Waals surface area contributed by atoms with Gasteiger partial charge in [-0.2, -0.15) is 0 Å². The van der Waals surface area contributed by atoms with Crippen molar-refractivity contribution in [1.82, 2.24) is 20.7 Å². The van der Waals surface area contributed by atoms with Gasteiger partial charge in [-0.15, -0.1) is 0 Å². The van der Waals surface area contributed by atoms with E-state index in [0.717, 1.165) is 13.0 Å². The Morgan fingerprint density at radius 1 is 1.22 bits per heavy atom. The largest absolute Gasteiger partial charge is 0.419 e. The Labute approximate surface area is 162 Å². The van der Waals surface area contributed by atoms with E-state index in [4.69, 9.17) is 16.6 Å². The van der Waals surface area contributed by atoms with E-state index in [2.05, 4.69) is 22.2 Å². The smallest absolute Gasteiger partial charge is 0.408 e. The van der Waals surface area contributed by atoms with Crippen molar-refractivity contribution in [3.05, 3.63) is 46.5 Å². The summed E-state index contributed by atoms with van der Waals surface area (Å²) in [7, 11) is 0. The molecule has 0 aliphatic heterocycles. The number of amides is 1. The number of fused-ring (bicyclic) bond motifs is 1. The van der Waals surface area contributed by atoms with E-state index in [1.165, 1.54) is 35.8 Å². The van der Waals surface area contributed by atoms with Crippen LogP contribution in [0.1, 0.15) is 38.5 Å². The average Bonchev–Trinajstić information content (AvgIpc) is 3.00. The van der Waals surface area contributed by atoms with Crippen LogP contribution in [-0.2, 0) is 11.3 Å². The Bertz CT molecular complexity index is 900. The fourth-order valence-corrected chi connectivity index (χ4v) is 3.29. The Hall–Kier alpha value is -2.61. The van der Waals surface area contributed by atoms with E-state index in [9.17, 15) is 9.59 Å². The maximum absolute atomic E-state index is 12.0. The highest BCUT2D eigenvalue weighted by Crippen LogP contribution is 2.19. The van der Waals surface area contributed by atoms with Crippen molar-refractivity contribution >= 4 is 34.3 Å². The van der Waals surface area contributed by atoms with Crippen molar-refractivity contribution in [2.45, 2.75) is 45.1 Å². The molecule has 1 heterocycles. The normalized spacial score (nSPS) is 13.9. The molecule has 0 fully saturated rings. The van der Waals surface area contributed by atoms with Crippen molar-refractivity contribution in [2.75, 3.05) is 6.54 Å². The predicted octanol–water partition coefficient (Wildman–Crippen LogP) is 2.37. The lowest BCUT2D eigenvalue weighted by molar-refractivity contribution is -0.121. The standard InChI is InChI=1S/C19H24N4O3S/c24-17(11-13-23-15-8-4-5-9-16(15)26-19(23)25)21-22-18(27)20-12-10-14-6-2-1-3-7-14/h4-6,8-9H,1-3,7,10-13H2,(H,21,24)(H2,20,22,27). The topological polar surface area (TPSA) is 88.3 Å². The third kappa shape index (κ3) is 5.43. The first-order valence-corrected chi connectivity index (χ1v) is 9.63. The highest BCUT2D eigenvalue weighted by Gasteiger charge is 2.10. The third-order valence-corrected chi connectivity index (χ3v) is 4.81. The second kappa shape index (κ2) is 9.36. The van der Waals surface area contributed by atoms with Gasteiger partial charge in [-0.05, 0) is 56.5 Å². The van der Waals surface area contributed by atoms with Gasteiger partial charge in [0.05, 0.1) is 5.52 Å². The number of oxazole rings is 1. The minimum absolute atomic E-state index is 0.131. The first-order chi connectivity index (χ1) is 13.1. The predicted molar refractivity (Wildman–Crippen MR) is 108 cm³/mol. The van der Waals surface area contributed by atoms with Crippen LogP contribution in [0.4, 0.5) is 0 Å². The molecule has 1 aromatic heterocycles. The lowest BCUT2D eigenvalue weighted by Gasteiger charge is -2.14. The zero-order valence-corrected chi connectivity index (χ0v) is 15.9. The number of carbonyl (C=O) groups excluding carboxylic acids is 1. The molecule has 144 valence electrons. The molecule has 27 heavy (non-hydrogen) atoms. The van der Waals surface area contributed by atoms with Crippen LogP contribution < -0.4 is 21.9 Å². The van der Waals surface area contributed by atoms with Gasteiger partial charge in [-0.25, -0.2) is 4.79 Å². The summed E-state index contributed by atoms with van der Waals surface area (Å²) in [4.78, 5) is 23.9. The summed E-state index contributed by atoms with van der Waals surface area (Å²) >= 11 is 5.16. The Morgan fingerprint density at radius 3 is 2.89 bits per heavy atom. The second-order valence-corrected chi connectivity index (χ2v) is 6.93. The van der Waals surface area contributed by atoms with Gasteiger partial charge in [0.15, 0.2) is 10.7 Å². The summed E-state index contributed by atoms with van der Waals surface area (Å²) in [6.07, 6.45) is 8.29. The molecular weight excluding hydrogens is 364 g/mol. The van der Waals surface area contributed by atoms with E-state index in [1.807, 2.05) is 6.07 Å². The molecule has 3 N–H and O–H groups in total. The van der Waals surface area contributed by atoms with Crippen LogP contribution in [0.2, 0.25) is 0 Å². The molecule has 0 spiro atoms. The highest BCUT2D eigenvalue weighted by atomic mass is 32.1. The number of rotatable bonds is 6. The van der Waals surface area contributed by atoms with E-state index >= 15 is 0 Å². The third-order valence-electron chi connectivity index (χ3n) is 4.57. The highest BCUT2D eigenvalue weighted by molar-refractivity contribution is 7.80. The summed E-state index contributed by atoms with van der Waals surface area (Å²) < 4.78 is 6.60. The van der Waals surface area contributed by atoms with Crippen LogP contribution in [0.25, 0.3) is 11.1 Å². The van der Waals surface area contributed by atoms with Crippen molar-refractivity contribution in [2.24, 2.45) is 0 Å². The van der Waals surface area contributed by atoms with Crippen LogP contribution in [-0.4, -0.2) is 22.1 Å². The number of allylic oxidation sites excluding steroid dienone is 1. The molecule has 0 atom stereocenters. The van der Waals surface area contributed by atoms with E-state index in [0.29, 0.717) is 16.2 Å². The number of hydrogen-bond donors (Lipinski definition) is 3. The number of thiocarbonyl (C=S) groups is 1. The van der Waals surface area contributed by atoms with Gasteiger partial charge in [0.2, 0.25) is 5.91 Å². The maximum atomic E-state index is 12.0. The molecule has 2 aromatic rings. The zero-order chi connectivity index (χ0) is 19.1. The summed E-state index contributed by atoms with van der Waals surface area (Å²) in [6.45, 7) is 0.974. The van der Waals surface area contributed by atoms with Crippen molar-refractivity contribution in [3.63, 3.8) is 0 Å². The molecule has 7 nitrogen and oxygen atoms in total. The minimum atomic E-state index is -0.467. The Morgan fingerprint density at radius 2 is 2.07 bits per heavy atom. The quantitative estimate of drug-likeness (QED) is 0.400. The molecular formula is C19H24N4O3S. The number of aryl methyl sites for hydroxylation is 1. The number of para-hydroxylation sites is 2. The molecule has 1 amide bonds. The van der Waals surface area contributed by atoms with Crippen LogP contribution in [0.3, 0.4) is 0 Å². The fraction of sp³-hybridized carbons (Fsp3) is 0.421. The zero-order valence-electron chi connectivity index (χ0n) is 15.1. The van der Waals surface area contributed by atoms with Gasteiger partial charge in [-0.1, -0.05) is 23.8 Å². The van der Waals surface area contributed by atoms with Gasteiger partial charge in [0, 0.05) is 19.5 Å². The first-order valence-electron chi connectivity index (χ1n) is 9.22. The molecule has 0 saturated heterocycles. The molecule has 1 aromatic carbocycles. The van der Waals surface area contributed by atoms with Gasteiger partial charge in [0.1, 0.15) is 0 Å². The number of nitrogens with one attached hydrogen (secondary N) is 3. The fourth-order valence-electron chi connectivity index (χ4n) is 3.14. The molecule has 0 bridgehead atoms. The number of nitrogens with zero attached hydrogens (tertiary/aromatic N) is 1. The minimum Gasteiger partial charge on any atom is -0.408 e. The van der Waals surface area contributed by atoms with Gasteiger partial charge >= 0.3 is 5.76 Å². The first kappa shape index (κ1) is 19.2. The molecule has 3 rings (SSSR count). The SMILES string of the molecule is O=C(CCn1c(=O)oc2ccccc21)NNC(=S)NCCC1=CCCCC1. The average molecular weight is 388 g/mol. The summed E-state index contributed by atoms with van der Waals surface area (Å²) in [5.74, 6) is -0.725. The van der Waals surface area contributed by atoms with E-state index in [1.54, 1.807) is 18.2 Å². The van der Waals surface area contributed by atoms with Gasteiger partial charge in [0.25, 0.3) is 0 Å². The van der Waals surface area contributed by atoms with Crippen molar-refractivity contribution in [3.8, 4) is 0 Å². The molecule has 0 radical (unpaired) electrons. The second-order valence-electron chi connectivity index (χ2n) is 6.52. The van der Waals surface area contributed by atoms with Crippen LogP contribution in [0, 0.1) is 0 Å². The molecule has 1 aliphatic rings. The maximum Gasteiger partial charge on any atom is 0.419 e. The molecule has 0 saturated carbocycles. The molecule has 1 aliphatic carbocycles. The Kier molecular flexibility index (Phi) is 6.64. The molecule has 0 unspecified atom stereocenters. The number of benzene rings is 1. The number of carbonyl (C=O) groups is 1.